The highest BCUT2D eigenvalue weighted by Crippen LogP contribution is 2.21. The maximum atomic E-state index is 13.2. The number of benzene rings is 2. The number of rotatable bonds is 6. The molecule has 7 nitrogen and oxygen atoms in total. The van der Waals surface area contributed by atoms with E-state index in [-0.39, 0.29) is 24.0 Å². The smallest absolute Gasteiger partial charge is 0.243 e. The van der Waals surface area contributed by atoms with Gasteiger partial charge in [-0.05, 0) is 24.2 Å². The van der Waals surface area contributed by atoms with Gasteiger partial charge in [-0.2, -0.15) is 4.31 Å². The van der Waals surface area contributed by atoms with E-state index in [1.54, 1.807) is 16.4 Å². The zero-order valence-corrected chi connectivity index (χ0v) is 21.5. The number of hydrogen-bond donors (Lipinski definition) is 1. The number of hydrogen-bond acceptors (Lipinski definition) is 4. The van der Waals surface area contributed by atoms with Crippen molar-refractivity contribution in [2.45, 2.75) is 18.0 Å². The van der Waals surface area contributed by atoms with Crippen molar-refractivity contribution in [2.24, 2.45) is 4.99 Å². The van der Waals surface area contributed by atoms with Gasteiger partial charge in [0, 0.05) is 46.8 Å². The van der Waals surface area contributed by atoms with Gasteiger partial charge in [-0.25, -0.2) is 13.4 Å². The maximum absolute atomic E-state index is 13.2. The molecule has 0 radical (unpaired) electrons. The second-order valence-corrected chi connectivity index (χ2v) is 9.59. The fourth-order valence-corrected chi connectivity index (χ4v) is 4.99. The van der Waals surface area contributed by atoms with E-state index in [1.807, 2.05) is 68.5 Å². The third-order valence-electron chi connectivity index (χ3n) is 5.17. The van der Waals surface area contributed by atoms with Gasteiger partial charge in [0.05, 0.1) is 11.4 Å². The van der Waals surface area contributed by atoms with Crippen LogP contribution in [0, 0.1) is 0 Å². The van der Waals surface area contributed by atoms with Crippen LogP contribution in [0.2, 0.25) is 0 Å². The third-order valence-corrected chi connectivity index (χ3v) is 7.17. The lowest BCUT2D eigenvalue weighted by molar-refractivity contribution is 0.222. The molecule has 0 spiro atoms. The van der Waals surface area contributed by atoms with Crippen LogP contribution in [0.3, 0.4) is 0 Å². The van der Waals surface area contributed by atoms with Gasteiger partial charge in [0.2, 0.25) is 10.0 Å². The Morgan fingerprint density at radius 2 is 1.61 bits per heavy atom. The highest BCUT2D eigenvalue weighted by Gasteiger charge is 2.29. The summed E-state index contributed by atoms with van der Waals surface area (Å²) in [6.45, 7) is 3.47. The number of aliphatic imine (C=N–C) groups is 1. The minimum atomic E-state index is -3.53. The van der Waals surface area contributed by atoms with E-state index >= 15 is 0 Å². The molecule has 0 aromatic heterocycles. The van der Waals surface area contributed by atoms with Crippen molar-refractivity contribution < 1.29 is 8.42 Å². The minimum absolute atomic E-state index is 0. The summed E-state index contributed by atoms with van der Waals surface area (Å²) in [5.41, 5.74) is 1.86. The van der Waals surface area contributed by atoms with Gasteiger partial charge in [-0.1, -0.05) is 48.5 Å². The van der Waals surface area contributed by atoms with Crippen LogP contribution in [0.1, 0.15) is 11.1 Å². The molecular formula is C22H32IN5O2S. The zero-order valence-electron chi connectivity index (χ0n) is 18.4. The van der Waals surface area contributed by atoms with E-state index in [9.17, 15) is 8.42 Å². The Bertz CT molecular complexity index is 959. The number of likely N-dealkylation sites (N-methyl/N-ethyl adjacent to an activating group) is 1. The van der Waals surface area contributed by atoms with E-state index in [0.29, 0.717) is 37.0 Å². The largest absolute Gasteiger partial charge is 0.352 e. The number of piperazine rings is 1. The molecule has 3 rings (SSSR count). The Morgan fingerprint density at radius 1 is 1.00 bits per heavy atom. The van der Waals surface area contributed by atoms with Crippen LogP contribution in [0.4, 0.5) is 0 Å². The van der Waals surface area contributed by atoms with Gasteiger partial charge < -0.3 is 15.1 Å². The number of nitrogens with zero attached hydrogens (tertiary/aromatic N) is 4. The molecule has 2 aromatic rings. The first kappa shape index (κ1) is 25.6. The first-order chi connectivity index (χ1) is 14.4. The molecule has 1 saturated heterocycles. The summed E-state index contributed by atoms with van der Waals surface area (Å²) in [6, 6.07) is 17.3. The summed E-state index contributed by atoms with van der Waals surface area (Å²) in [7, 11) is 2.33. The predicted octanol–water partition coefficient (Wildman–Crippen LogP) is 2.45. The SMILES string of the molecule is CN1CCN(S(=O)(=O)c2ccccc2CNC(=NCc2ccccc2)N(C)C)CC1.I. The van der Waals surface area contributed by atoms with Gasteiger partial charge >= 0.3 is 0 Å². The van der Waals surface area contributed by atoms with Crippen LogP contribution >= 0.6 is 24.0 Å². The molecular weight excluding hydrogens is 525 g/mol. The van der Waals surface area contributed by atoms with E-state index < -0.39 is 10.0 Å². The van der Waals surface area contributed by atoms with Crippen molar-refractivity contribution in [1.29, 1.82) is 0 Å². The van der Waals surface area contributed by atoms with Crippen LogP contribution in [-0.2, 0) is 23.1 Å². The summed E-state index contributed by atoms with van der Waals surface area (Å²) < 4.78 is 28.1. The molecule has 31 heavy (non-hydrogen) atoms. The second kappa shape index (κ2) is 11.8. The van der Waals surface area contributed by atoms with Crippen molar-refractivity contribution >= 4 is 40.0 Å². The van der Waals surface area contributed by atoms with E-state index in [1.165, 1.54) is 0 Å². The van der Waals surface area contributed by atoms with Crippen molar-refractivity contribution in [3.63, 3.8) is 0 Å². The second-order valence-electron chi connectivity index (χ2n) is 7.69. The fraction of sp³-hybridized carbons (Fsp3) is 0.409. The van der Waals surface area contributed by atoms with Crippen LogP contribution in [-0.4, -0.2) is 75.8 Å². The molecule has 1 N–H and O–H groups in total. The van der Waals surface area contributed by atoms with Crippen LogP contribution in [0.25, 0.3) is 0 Å². The lowest BCUT2D eigenvalue weighted by Gasteiger charge is -2.32. The molecule has 2 aromatic carbocycles. The standard InChI is InChI=1S/C22H31N5O2S.HI/c1-25(2)22(23-17-19-9-5-4-6-10-19)24-18-20-11-7-8-12-21(20)30(28,29)27-15-13-26(3)14-16-27;/h4-12H,13-18H2,1-3H3,(H,23,24);1H. The molecule has 0 amide bonds. The van der Waals surface area contributed by atoms with E-state index in [4.69, 9.17) is 0 Å². The summed E-state index contributed by atoms with van der Waals surface area (Å²) >= 11 is 0. The zero-order chi connectivity index (χ0) is 21.6. The van der Waals surface area contributed by atoms with Gasteiger partial charge in [-0.3, -0.25) is 0 Å². The first-order valence-corrected chi connectivity index (χ1v) is 11.6. The van der Waals surface area contributed by atoms with E-state index in [2.05, 4.69) is 15.2 Å². The molecule has 0 atom stereocenters. The Labute approximate surface area is 203 Å². The Balaban J connectivity index is 0.00000341. The lowest BCUT2D eigenvalue weighted by atomic mass is 10.2. The molecule has 0 unspecified atom stereocenters. The molecule has 1 aliphatic rings. The molecule has 0 bridgehead atoms. The molecule has 1 aliphatic heterocycles. The number of halogens is 1. The van der Waals surface area contributed by atoms with E-state index in [0.717, 1.165) is 24.2 Å². The Hall–Kier alpha value is -1.69. The van der Waals surface area contributed by atoms with Gasteiger partial charge in [0.25, 0.3) is 0 Å². The van der Waals surface area contributed by atoms with Crippen LogP contribution < -0.4 is 5.32 Å². The highest BCUT2D eigenvalue weighted by atomic mass is 127. The Kier molecular flexibility index (Phi) is 9.73. The van der Waals surface area contributed by atoms with Crippen LogP contribution in [0.15, 0.2) is 64.5 Å². The maximum Gasteiger partial charge on any atom is 0.243 e. The summed E-state index contributed by atoms with van der Waals surface area (Å²) in [6.07, 6.45) is 0. The highest BCUT2D eigenvalue weighted by molar-refractivity contribution is 14.0. The first-order valence-electron chi connectivity index (χ1n) is 10.1. The number of sulfonamides is 1. The van der Waals surface area contributed by atoms with Crippen molar-refractivity contribution in [1.82, 2.24) is 19.4 Å². The molecule has 0 saturated carbocycles. The van der Waals surface area contributed by atoms with Gasteiger partial charge in [0.15, 0.2) is 5.96 Å². The molecule has 0 aliphatic carbocycles. The minimum Gasteiger partial charge on any atom is -0.352 e. The monoisotopic (exact) mass is 557 g/mol. The average Bonchev–Trinajstić information content (AvgIpc) is 2.74. The third kappa shape index (κ3) is 6.90. The normalized spacial score (nSPS) is 15.9. The van der Waals surface area contributed by atoms with Crippen molar-refractivity contribution in [2.75, 3.05) is 47.3 Å². The molecule has 1 fully saturated rings. The summed E-state index contributed by atoms with van der Waals surface area (Å²) in [5, 5.41) is 3.31. The van der Waals surface area contributed by atoms with Gasteiger partial charge in [-0.15, -0.1) is 24.0 Å². The fourth-order valence-electron chi connectivity index (χ4n) is 3.35. The molecule has 9 heteroatoms. The molecule has 1 heterocycles. The topological polar surface area (TPSA) is 68.2 Å². The number of nitrogens with one attached hydrogen (secondary N) is 1. The average molecular weight is 558 g/mol. The summed E-state index contributed by atoms with van der Waals surface area (Å²) in [4.78, 5) is 9.08. The summed E-state index contributed by atoms with van der Waals surface area (Å²) in [5.74, 6) is 0.714. The quantitative estimate of drug-likeness (QED) is 0.336. The van der Waals surface area contributed by atoms with Gasteiger partial charge in [0.1, 0.15) is 0 Å². The van der Waals surface area contributed by atoms with Crippen molar-refractivity contribution in [3.05, 3.63) is 65.7 Å². The lowest BCUT2D eigenvalue weighted by Crippen LogP contribution is -2.47. The Morgan fingerprint density at radius 3 is 2.26 bits per heavy atom. The molecule has 170 valence electrons. The predicted molar refractivity (Wildman–Crippen MR) is 136 cm³/mol. The number of guanidine groups is 1. The van der Waals surface area contributed by atoms with Crippen LogP contribution in [0.5, 0.6) is 0 Å². The van der Waals surface area contributed by atoms with Crippen molar-refractivity contribution in [3.8, 4) is 0 Å².